The van der Waals surface area contributed by atoms with Gasteiger partial charge in [-0.05, 0) is 45.9 Å². The quantitative estimate of drug-likeness (QED) is 0.781. The molecule has 0 spiro atoms. The Kier molecular flexibility index (Phi) is 5.41. The van der Waals surface area contributed by atoms with Crippen molar-refractivity contribution < 1.29 is 9.21 Å². The number of rotatable bonds is 7. The number of carbonyl (C=O) groups is 1. The Hall–Kier alpha value is -1.29. The fraction of sp³-hybridized carbons (Fsp3) is 0.643. The lowest BCUT2D eigenvalue weighted by atomic mass is 10.0. The third kappa shape index (κ3) is 4.53. The highest BCUT2D eigenvalue weighted by atomic mass is 16.3. The number of carbonyl (C=O) groups excluding carboxylic acids is 1. The molecule has 0 saturated heterocycles. The van der Waals surface area contributed by atoms with Crippen molar-refractivity contribution in [1.29, 1.82) is 0 Å². The lowest BCUT2D eigenvalue weighted by Crippen LogP contribution is -2.54. The first-order valence-corrected chi connectivity index (χ1v) is 6.54. The van der Waals surface area contributed by atoms with Gasteiger partial charge in [0, 0.05) is 12.5 Å². The monoisotopic (exact) mass is 252 g/mol. The van der Waals surface area contributed by atoms with Gasteiger partial charge in [-0.3, -0.25) is 4.79 Å². The van der Waals surface area contributed by atoms with Crippen molar-refractivity contribution in [2.45, 2.75) is 52.1 Å². The van der Waals surface area contributed by atoms with Crippen LogP contribution in [0.5, 0.6) is 0 Å². The van der Waals surface area contributed by atoms with Crippen LogP contribution in [0.3, 0.4) is 0 Å². The molecule has 0 aliphatic carbocycles. The van der Waals surface area contributed by atoms with Gasteiger partial charge in [0.25, 0.3) is 0 Å². The lowest BCUT2D eigenvalue weighted by molar-refractivity contribution is -0.127. The Morgan fingerprint density at radius 1 is 1.50 bits per heavy atom. The van der Waals surface area contributed by atoms with Crippen molar-refractivity contribution in [3.05, 3.63) is 24.2 Å². The molecule has 102 valence electrons. The van der Waals surface area contributed by atoms with Crippen molar-refractivity contribution in [1.82, 2.24) is 10.6 Å². The highest BCUT2D eigenvalue weighted by Crippen LogP contribution is 2.07. The second kappa shape index (κ2) is 6.59. The zero-order valence-corrected chi connectivity index (χ0v) is 11.7. The molecule has 2 N–H and O–H groups in total. The molecule has 0 aliphatic heterocycles. The summed E-state index contributed by atoms with van der Waals surface area (Å²) in [5, 5.41) is 6.19. The maximum absolute atomic E-state index is 12.0. The zero-order valence-electron chi connectivity index (χ0n) is 11.7. The molecule has 1 heterocycles. The number of hydrogen-bond acceptors (Lipinski definition) is 3. The Morgan fingerprint density at radius 3 is 2.78 bits per heavy atom. The van der Waals surface area contributed by atoms with Crippen molar-refractivity contribution in [3.63, 3.8) is 0 Å². The minimum Gasteiger partial charge on any atom is -0.469 e. The van der Waals surface area contributed by atoms with Gasteiger partial charge >= 0.3 is 0 Å². The van der Waals surface area contributed by atoms with Crippen molar-refractivity contribution in [2.24, 2.45) is 0 Å². The summed E-state index contributed by atoms with van der Waals surface area (Å²) in [6, 6.07) is 3.98. The van der Waals surface area contributed by atoms with Gasteiger partial charge in [-0.2, -0.15) is 0 Å². The standard InChI is InChI=1S/C14H24N2O2/c1-5-15-14(3,4)13(17)16-11(2)8-9-12-7-6-10-18-12/h6-7,10-11,15H,5,8-9H2,1-4H3,(H,16,17). The minimum absolute atomic E-state index is 0.0382. The maximum atomic E-state index is 12.0. The molecular formula is C14H24N2O2. The van der Waals surface area contributed by atoms with Gasteiger partial charge in [-0.25, -0.2) is 0 Å². The molecule has 1 amide bonds. The summed E-state index contributed by atoms with van der Waals surface area (Å²) in [6.45, 7) is 8.58. The van der Waals surface area contributed by atoms with E-state index in [0.717, 1.165) is 25.1 Å². The van der Waals surface area contributed by atoms with E-state index in [1.54, 1.807) is 6.26 Å². The second-order valence-corrected chi connectivity index (χ2v) is 5.15. The Morgan fingerprint density at radius 2 is 2.22 bits per heavy atom. The smallest absolute Gasteiger partial charge is 0.239 e. The average molecular weight is 252 g/mol. The van der Waals surface area contributed by atoms with Crippen LogP contribution in [-0.4, -0.2) is 24.0 Å². The van der Waals surface area contributed by atoms with Gasteiger partial charge in [0.15, 0.2) is 0 Å². The predicted molar refractivity (Wildman–Crippen MR) is 72.4 cm³/mol. The van der Waals surface area contributed by atoms with Crippen LogP contribution in [0.2, 0.25) is 0 Å². The van der Waals surface area contributed by atoms with E-state index in [0.29, 0.717) is 0 Å². The number of amides is 1. The Bertz CT molecular complexity index is 358. The molecule has 0 fully saturated rings. The summed E-state index contributed by atoms with van der Waals surface area (Å²) >= 11 is 0. The topological polar surface area (TPSA) is 54.3 Å². The molecule has 1 aromatic rings. The third-order valence-electron chi connectivity index (χ3n) is 2.97. The van der Waals surface area contributed by atoms with Crippen LogP contribution in [0.1, 0.15) is 39.9 Å². The molecule has 4 heteroatoms. The SMILES string of the molecule is CCNC(C)(C)C(=O)NC(C)CCc1ccco1. The van der Waals surface area contributed by atoms with Crippen molar-refractivity contribution in [3.8, 4) is 0 Å². The van der Waals surface area contributed by atoms with Crippen LogP contribution in [0, 0.1) is 0 Å². The first kappa shape index (κ1) is 14.8. The van der Waals surface area contributed by atoms with E-state index in [-0.39, 0.29) is 11.9 Å². The summed E-state index contributed by atoms with van der Waals surface area (Å²) < 4.78 is 5.27. The fourth-order valence-electron chi connectivity index (χ4n) is 1.81. The molecule has 1 unspecified atom stereocenters. The van der Waals surface area contributed by atoms with Gasteiger partial charge < -0.3 is 15.1 Å². The number of furan rings is 1. The number of likely N-dealkylation sites (N-methyl/N-ethyl adjacent to an activating group) is 1. The molecule has 0 radical (unpaired) electrons. The summed E-state index contributed by atoms with van der Waals surface area (Å²) in [6.07, 6.45) is 3.39. The van der Waals surface area contributed by atoms with E-state index < -0.39 is 5.54 Å². The van der Waals surface area contributed by atoms with Gasteiger partial charge in [-0.15, -0.1) is 0 Å². The first-order chi connectivity index (χ1) is 8.45. The molecule has 1 aromatic heterocycles. The zero-order chi connectivity index (χ0) is 13.6. The number of nitrogens with one attached hydrogen (secondary N) is 2. The van der Waals surface area contributed by atoms with Crippen LogP contribution in [0.25, 0.3) is 0 Å². The fourth-order valence-corrected chi connectivity index (χ4v) is 1.81. The van der Waals surface area contributed by atoms with E-state index in [1.807, 2.05) is 39.8 Å². The van der Waals surface area contributed by atoms with E-state index in [4.69, 9.17) is 4.42 Å². The average Bonchev–Trinajstić information content (AvgIpc) is 2.79. The molecule has 1 atom stereocenters. The Labute approximate surface area is 109 Å². The van der Waals surface area contributed by atoms with Crippen LogP contribution in [0.15, 0.2) is 22.8 Å². The van der Waals surface area contributed by atoms with Gasteiger partial charge in [-0.1, -0.05) is 6.92 Å². The normalized spacial score (nSPS) is 13.3. The molecule has 18 heavy (non-hydrogen) atoms. The van der Waals surface area contributed by atoms with Gasteiger partial charge in [0.1, 0.15) is 5.76 Å². The molecule has 0 aromatic carbocycles. The van der Waals surface area contributed by atoms with Crippen LogP contribution in [-0.2, 0) is 11.2 Å². The summed E-state index contributed by atoms with van der Waals surface area (Å²) in [5.74, 6) is 0.998. The van der Waals surface area contributed by atoms with Crippen LogP contribution >= 0.6 is 0 Å². The van der Waals surface area contributed by atoms with E-state index in [1.165, 1.54) is 0 Å². The first-order valence-electron chi connectivity index (χ1n) is 6.54. The van der Waals surface area contributed by atoms with Crippen LogP contribution < -0.4 is 10.6 Å². The lowest BCUT2D eigenvalue weighted by Gasteiger charge is -2.26. The molecule has 0 aliphatic rings. The molecule has 4 nitrogen and oxygen atoms in total. The largest absolute Gasteiger partial charge is 0.469 e. The summed E-state index contributed by atoms with van der Waals surface area (Å²) in [7, 11) is 0. The minimum atomic E-state index is -0.520. The van der Waals surface area contributed by atoms with Crippen LogP contribution in [0.4, 0.5) is 0 Å². The highest BCUT2D eigenvalue weighted by Gasteiger charge is 2.26. The van der Waals surface area contributed by atoms with E-state index in [2.05, 4.69) is 10.6 Å². The van der Waals surface area contributed by atoms with Crippen molar-refractivity contribution in [2.75, 3.05) is 6.54 Å². The summed E-state index contributed by atoms with van der Waals surface area (Å²) in [5.41, 5.74) is -0.520. The third-order valence-corrected chi connectivity index (χ3v) is 2.97. The van der Waals surface area contributed by atoms with E-state index in [9.17, 15) is 4.79 Å². The summed E-state index contributed by atoms with van der Waals surface area (Å²) in [4.78, 5) is 12.0. The second-order valence-electron chi connectivity index (χ2n) is 5.15. The predicted octanol–water partition coefficient (Wildman–Crippen LogP) is 2.10. The van der Waals surface area contributed by atoms with Crippen molar-refractivity contribution >= 4 is 5.91 Å². The molecule has 0 saturated carbocycles. The molecule has 1 rings (SSSR count). The Balaban J connectivity index is 2.35. The number of aryl methyl sites for hydroxylation is 1. The maximum Gasteiger partial charge on any atom is 0.239 e. The van der Waals surface area contributed by atoms with Gasteiger partial charge in [0.05, 0.1) is 11.8 Å². The number of hydrogen-bond donors (Lipinski definition) is 2. The van der Waals surface area contributed by atoms with Gasteiger partial charge in [0.2, 0.25) is 5.91 Å². The van der Waals surface area contributed by atoms with E-state index >= 15 is 0 Å². The molecular weight excluding hydrogens is 228 g/mol. The highest BCUT2D eigenvalue weighted by molar-refractivity contribution is 5.85. The molecule has 0 bridgehead atoms.